The predicted molar refractivity (Wildman–Crippen MR) is 93.4 cm³/mol. The van der Waals surface area contributed by atoms with E-state index in [1.54, 1.807) is 0 Å². The van der Waals surface area contributed by atoms with Crippen molar-refractivity contribution in [3.63, 3.8) is 0 Å². The van der Waals surface area contributed by atoms with Crippen LogP contribution in [0.2, 0.25) is 0 Å². The van der Waals surface area contributed by atoms with E-state index in [1.165, 1.54) is 0 Å². The van der Waals surface area contributed by atoms with E-state index in [9.17, 15) is 9.59 Å². The van der Waals surface area contributed by atoms with Crippen molar-refractivity contribution in [1.82, 2.24) is 5.01 Å². The van der Waals surface area contributed by atoms with E-state index in [0.717, 1.165) is 11.1 Å². The van der Waals surface area contributed by atoms with E-state index < -0.39 is 5.78 Å². The van der Waals surface area contributed by atoms with Crippen molar-refractivity contribution in [3.8, 4) is 0 Å². The second-order valence-electron chi connectivity index (χ2n) is 5.95. The van der Waals surface area contributed by atoms with Crippen LogP contribution in [-0.4, -0.2) is 22.3 Å². The molecular weight excluding hydrogens is 300 g/mol. The molecule has 0 heterocycles. The molecule has 0 saturated heterocycles. The standard InChI is InChI=1S/C20H20N2O2/c23-19-13-7-12-18(20(19)24)21-22(14-16-8-3-1-4-9-16)15-17-10-5-2-6-11-17/h1-6,8-11H,7,12-15H2/b21-18-. The highest BCUT2D eigenvalue weighted by molar-refractivity contribution is 6.66. The maximum Gasteiger partial charge on any atom is 0.244 e. The number of hydrazone groups is 1. The first-order valence-electron chi connectivity index (χ1n) is 8.20. The van der Waals surface area contributed by atoms with Gasteiger partial charge in [-0.15, -0.1) is 0 Å². The third-order valence-corrected chi connectivity index (χ3v) is 4.01. The fraction of sp³-hybridized carbons (Fsp3) is 0.250. The molecule has 1 aliphatic carbocycles. The Hall–Kier alpha value is -2.75. The molecule has 1 saturated carbocycles. The molecule has 1 fully saturated rings. The average Bonchev–Trinajstić information content (AvgIpc) is 2.61. The number of benzene rings is 2. The van der Waals surface area contributed by atoms with E-state index >= 15 is 0 Å². The van der Waals surface area contributed by atoms with Crippen LogP contribution in [0.25, 0.3) is 0 Å². The third kappa shape index (κ3) is 4.16. The van der Waals surface area contributed by atoms with Gasteiger partial charge in [-0.2, -0.15) is 5.10 Å². The second-order valence-corrected chi connectivity index (χ2v) is 5.95. The van der Waals surface area contributed by atoms with Crippen molar-refractivity contribution >= 4 is 17.3 Å². The van der Waals surface area contributed by atoms with Crippen LogP contribution in [0.4, 0.5) is 0 Å². The lowest BCUT2D eigenvalue weighted by Crippen LogP contribution is -2.31. The van der Waals surface area contributed by atoms with Gasteiger partial charge in [-0.3, -0.25) is 14.6 Å². The van der Waals surface area contributed by atoms with Gasteiger partial charge in [0.05, 0.1) is 13.1 Å². The van der Waals surface area contributed by atoms with E-state index in [4.69, 9.17) is 0 Å². The van der Waals surface area contributed by atoms with Gasteiger partial charge < -0.3 is 0 Å². The summed E-state index contributed by atoms with van der Waals surface area (Å²) in [4.78, 5) is 23.7. The van der Waals surface area contributed by atoms with Crippen LogP contribution < -0.4 is 0 Å². The van der Waals surface area contributed by atoms with Crippen molar-refractivity contribution in [2.24, 2.45) is 5.10 Å². The molecule has 4 nitrogen and oxygen atoms in total. The smallest absolute Gasteiger partial charge is 0.244 e. The molecule has 24 heavy (non-hydrogen) atoms. The van der Waals surface area contributed by atoms with Crippen LogP contribution in [0.15, 0.2) is 65.8 Å². The minimum atomic E-state index is -0.424. The summed E-state index contributed by atoms with van der Waals surface area (Å²) in [6, 6.07) is 20.0. The van der Waals surface area contributed by atoms with Gasteiger partial charge in [0.25, 0.3) is 0 Å². The topological polar surface area (TPSA) is 49.7 Å². The summed E-state index contributed by atoms with van der Waals surface area (Å²) < 4.78 is 0. The van der Waals surface area contributed by atoms with Crippen LogP contribution >= 0.6 is 0 Å². The number of Topliss-reactive ketones (excluding diaryl/α,β-unsaturated/α-hetero) is 2. The normalized spacial score (nSPS) is 16.4. The SMILES string of the molecule is O=C1CCC/C(=N/N(Cc2ccccc2)Cc2ccccc2)C1=O. The minimum Gasteiger partial charge on any atom is -0.290 e. The molecule has 2 aromatic rings. The first-order chi connectivity index (χ1) is 11.7. The van der Waals surface area contributed by atoms with Crippen LogP contribution in [0.1, 0.15) is 30.4 Å². The summed E-state index contributed by atoms with van der Waals surface area (Å²) in [7, 11) is 0. The molecule has 4 heteroatoms. The number of rotatable bonds is 5. The molecule has 2 aromatic carbocycles. The Bertz CT molecular complexity index is 697. The molecule has 0 unspecified atom stereocenters. The van der Waals surface area contributed by atoms with Gasteiger partial charge in [0, 0.05) is 6.42 Å². The van der Waals surface area contributed by atoms with Crippen molar-refractivity contribution < 1.29 is 9.59 Å². The zero-order valence-corrected chi connectivity index (χ0v) is 13.5. The lowest BCUT2D eigenvalue weighted by molar-refractivity contribution is -0.133. The summed E-state index contributed by atoms with van der Waals surface area (Å²) in [6.07, 6.45) is 1.62. The molecule has 122 valence electrons. The van der Waals surface area contributed by atoms with Gasteiger partial charge >= 0.3 is 0 Å². The Morgan fingerprint density at radius 1 is 0.792 bits per heavy atom. The van der Waals surface area contributed by atoms with E-state index in [2.05, 4.69) is 5.10 Å². The molecule has 0 N–H and O–H groups in total. The fourth-order valence-corrected chi connectivity index (χ4v) is 2.79. The van der Waals surface area contributed by atoms with Crippen molar-refractivity contribution in [3.05, 3.63) is 71.8 Å². The number of hydrogen-bond donors (Lipinski definition) is 0. The summed E-state index contributed by atoms with van der Waals surface area (Å²) in [5.41, 5.74) is 2.62. The quantitative estimate of drug-likeness (QED) is 0.627. The molecule has 0 radical (unpaired) electrons. The Labute approximate surface area is 141 Å². The molecule has 0 atom stereocenters. The molecular formula is C20H20N2O2. The highest BCUT2D eigenvalue weighted by atomic mass is 16.2. The van der Waals surface area contributed by atoms with Crippen LogP contribution in [-0.2, 0) is 22.7 Å². The highest BCUT2D eigenvalue weighted by Gasteiger charge is 2.26. The molecule has 0 bridgehead atoms. The van der Waals surface area contributed by atoms with Crippen LogP contribution in [0.5, 0.6) is 0 Å². The zero-order valence-electron chi connectivity index (χ0n) is 13.5. The molecule has 1 aliphatic rings. The number of carbonyl (C=O) groups is 2. The minimum absolute atomic E-state index is 0.320. The van der Waals surface area contributed by atoms with Crippen molar-refractivity contribution in [2.45, 2.75) is 32.4 Å². The maximum absolute atomic E-state index is 12.1. The van der Waals surface area contributed by atoms with Gasteiger partial charge in [-0.25, -0.2) is 0 Å². The summed E-state index contributed by atoms with van der Waals surface area (Å²) in [5.74, 6) is -0.744. The summed E-state index contributed by atoms with van der Waals surface area (Å²) in [6.45, 7) is 1.20. The summed E-state index contributed by atoms with van der Waals surface area (Å²) >= 11 is 0. The average molecular weight is 320 g/mol. The Kier molecular flexibility index (Phi) is 5.16. The number of ketones is 2. The van der Waals surface area contributed by atoms with Gasteiger partial charge in [-0.05, 0) is 24.0 Å². The van der Waals surface area contributed by atoms with E-state index in [0.29, 0.717) is 38.1 Å². The fourth-order valence-electron chi connectivity index (χ4n) is 2.79. The van der Waals surface area contributed by atoms with E-state index in [-0.39, 0.29) is 5.78 Å². The Balaban J connectivity index is 1.83. The number of hydrogen-bond acceptors (Lipinski definition) is 4. The monoisotopic (exact) mass is 320 g/mol. The second kappa shape index (κ2) is 7.68. The van der Waals surface area contributed by atoms with Crippen LogP contribution in [0, 0.1) is 0 Å². The van der Waals surface area contributed by atoms with Gasteiger partial charge in [0.15, 0.2) is 0 Å². The van der Waals surface area contributed by atoms with Crippen molar-refractivity contribution in [2.75, 3.05) is 0 Å². The van der Waals surface area contributed by atoms with Gasteiger partial charge in [0.1, 0.15) is 5.71 Å². The van der Waals surface area contributed by atoms with Crippen molar-refractivity contribution in [1.29, 1.82) is 0 Å². The maximum atomic E-state index is 12.1. The van der Waals surface area contributed by atoms with E-state index in [1.807, 2.05) is 65.7 Å². The molecule has 0 amide bonds. The third-order valence-electron chi connectivity index (χ3n) is 4.01. The zero-order chi connectivity index (χ0) is 16.8. The van der Waals surface area contributed by atoms with Gasteiger partial charge in [0.2, 0.25) is 11.6 Å². The lowest BCUT2D eigenvalue weighted by atomic mass is 9.96. The molecule has 0 spiro atoms. The van der Waals surface area contributed by atoms with Crippen LogP contribution in [0.3, 0.4) is 0 Å². The Morgan fingerprint density at radius 2 is 1.33 bits per heavy atom. The lowest BCUT2D eigenvalue weighted by Gasteiger charge is -2.22. The summed E-state index contributed by atoms with van der Waals surface area (Å²) in [5, 5.41) is 6.41. The van der Waals surface area contributed by atoms with Gasteiger partial charge in [-0.1, -0.05) is 60.7 Å². The predicted octanol–water partition coefficient (Wildman–Crippen LogP) is 3.37. The molecule has 0 aliphatic heterocycles. The Morgan fingerprint density at radius 3 is 1.88 bits per heavy atom. The number of carbonyl (C=O) groups excluding carboxylic acids is 2. The number of nitrogens with zero attached hydrogens (tertiary/aromatic N) is 2. The molecule has 0 aromatic heterocycles. The highest BCUT2D eigenvalue weighted by Crippen LogP contribution is 2.14. The molecule has 3 rings (SSSR count). The first-order valence-corrected chi connectivity index (χ1v) is 8.20. The largest absolute Gasteiger partial charge is 0.290 e. The first kappa shape index (κ1) is 16.1.